The smallest absolute Gasteiger partial charge is 0.352 e. The van der Waals surface area contributed by atoms with Crippen LogP contribution in [0.15, 0.2) is 53.5 Å². The fourth-order valence-corrected chi connectivity index (χ4v) is 3.14. The lowest BCUT2D eigenvalue weighted by Crippen LogP contribution is -2.22. The van der Waals surface area contributed by atoms with E-state index < -0.39 is 5.69 Å². The van der Waals surface area contributed by atoms with Gasteiger partial charge in [0.05, 0.1) is 30.1 Å². The number of nitrogens with zero attached hydrogens (tertiary/aromatic N) is 2. The number of hydrogen-bond acceptors (Lipinski definition) is 5. The molecule has 0 amide bonds. The van der Waals surface area contributed by atoms with Crippen LogP contribution in [0.3, 0.4) is 0 Å². The lowest BCUT2D eigenvalue weighted by molar-refractivity contribution is 0.191. The first-order chi connectivity index (χ1) is 14.7. The van der Waals surface area contributed by atoms with Crippen molar-refractivity contribution in [3.8, 4) is 22.9 Å². The van der Waals surface area contributed by atoms with Crippen molar-refractivity contribution in [2.24, 2.45) is 5.41 Å². The summed E-state index contributed by atoms with van der Waals surface area (Å²) in [6.07, 6.45) is 1.64. The molecule has 0 saturated carbocycles. The van der Waals surface area contributed by atoms with Crippen LogP contribution in [0.2, 0.25) is 10.0 Å². The van der Waals surface area contributed by atoms with Gasteiger partial charge in [-0.05, 0) is 41.8 Å². The van der Waals surface area contributed by atoms with Crippen LogP contribution in [0.4, 0.5) is 0 Å². The average Bonchev–Trinajstić information content (AvgIpc) is 2.71. The Morgan fingerprint density at radius 2 is 1.71 bits per heavy atom. The van der Waals surface area contributed by atoms with Crippen molar-refractivity contribution in [1.29, 1.82) is 0 Å². The van der Waals surface area contributed by atoms with E-state index in [1.807, 2.05) is 0 Å². The molecule has 0 saturated heterocycles. The Bertz CT molecular complexity index is 1120. The van der Waals surface area contributed by atoms with E-state index >= 15 is 0 Å². The zero-order chi connectivity index (χ0) is 22.6. The molecule has 1 heterocycles. The van der Waals surface area contributed by atoms with Crippen LogP contribution < -0.4 is 19.9 Å². The van der Waals surface area contributed by atoms with Gasteiger partial charge in [0.25, 0.3) is 0 Å². The number of rotatable bonds is 7. The highest BCUT2D eigenvalue weighted by Gasteiger charge is 2.14. The van der Waals surface area contributed by atoms with Crippen molar-refractivity contribution < 1.29 is 14.2 Å². The summed E-state index contributed by atoms with van der Waals surface area (Å²) < 4.78 is 18.4. The van der Waals surface area contributed by atoms with Crippen molar-refractivity contribution >= 4 is 23.2 Å². The zero-order valence-electron chi connectivity index (χ0n) is 17.8. The number of benzene rings is 2. The number of aromatic nitrogens is 2. The first-order valence-electron chi connectivity index (χ1n) is 9.64. The normalized spacial score (nSPS) is 11.3. The maximum Gasteiger partial charge on any atom is 0.352 e. The van der Waals surface area contributed by atoms with Gasteiger partial charge in [0.15, 0.2) is 11.5 Å². The summed E-state index contributed by atoms with van der Waals surface area (Å²) in [5, 5.41) is 0.907. The van der Waals surface area contributed by atoms with Crippen LogP contribution in [-0.2, 0) is 6.61 Å². The van der Waals surface area contributed by atoms with E-state index in [2.05, 4.69) is 25.8 Å². The molecule has 3 aromatic rings. The Labute approximate surface area is 191 Å². The molecule has 31 heavy (non-hydrogen) atoms. The maximum atomic E-state index is 12.6. The summed E-state index contributed by atoms with van der Waals surface area (Å²) in [6.45, 7) is 6.90. The number of methoxy groups -OCH3 is 1. The topological polar surface area (TPSA) is 62.6 Å². The van der Waals surface area contributed by atoms with Crippen LogP contribution in [-0.4, -0.2) is 23.3 Å². The Hall–Kier alpha value is -2.70. The third-order valence-electron chi connectivity index (χ3n) is 4.22. The van der Waals surface area contributed by atoms with Gasteiger partial charge in [0.1, 0.15) is 12.4 Å². The van der Waals surface area contributed by atoms with Crippen LogP contribution in [0.5, 0.6) is 17.2 Å². The van der Waals surface area contributed by atoms with Gasteiger partial charge in [-0.15, -0.1) is 0 Å². The van der Waals surface area contributed by atoms with E-state index in [0.717, 1.165) is 0 Å². The van der Waals surface area contributed by atoms with Gasteiger partial charge in [0.2, 0.25) is 0 Å². The fraction of sp³-hybridized carbons (Fsp3) is 0.304. The molecule has 0 atom stereocenters. The molecule has 0 spiro atoms. The molecule has 0 aliphatic carbocycles. The molecule has 8 heteroatoms. The van der Waals surface area contributed by atoms with E-state index in [0.29, 0.717) is 45.3 Å². The zero-order valence-corrected chi connectivity index (χ0v) is 19.3. The van der Waals surface area contributed by atoms with Gasteiger partial charge >= 0.3 is 5.69 Å². The fourth-order valence-electron chi connectivity index (χ4n) is 2.68. The minimum atomic E-state index is -0.436. The summed E-state index contributed by atoms with van der Waals surface area (Å²) >= 11 is 12.0. The first-order valence-corrected chi connectivity index (χ1v) is 10.4. The third-order valence-corrected chi connectivity index (χ3v) is 4.75. The molecule has 0 N–H and O–H groups in total. The Morgan fingerprint density at radius 1 is 0.968 bits per heavy atom. The molecule has 164 valence electrons. The summed E-state index contributed by atoms with van der Waals surface area (Å²) in [5.41, 5.74) is 0.669. The molecule has 0 fully saturated rings. The van der Waals surface area contributed by atoms with E-state index in [1.54, 1.807) is 55.8 Å². The molecule has 0 aliphatic rings. The van der Waals surface area contributed by atoms with Crippen LogP contribution >= 0.6 is 23.2 Å². The van der Waals surface area contributed by atoms with E-state index in [9.17, 15) is 4.79 Å². The predicted octanol–water partition coefficient (Wildman–Crippen LogP) is 5.55. The van der Waals surface area contributed by atoms with Crippen molar-refractivity contribution in [2.45, 2.75) is 27.4 Å². The molecule has 2 aromatic carbocycles. The molecular formula is C23H24Cl2N2O4. The van der Waals surface area contributed by atoms with Crippen molar-refractivity contribution in [1.82, 2.24) is 9.55 Å². The van der Waals surface area contributed by atoms with E-state index in [1.165, 1.54) is 4.57 Å². The quantitative estimate of drug-likeness (QED) is 0.460. The molecule has 0 radical (unpaired) electrons. The molecule has 0 bridgehead atoms. The first kappa shape index (κ1) is 23.0. The lowest BCUT2D eigenvalue weighted by Gasteiger charge is -2.20. The van der Waals surface area contributed by atoms with Crippen LogP contribution in [0.1, 0.15) is 26.5 Å². The van der Waals surface area contributed by atoms with Gasteiger partial charge in [-0.25, -0.2) is 4.79 Å². The highest BCUT2D eigenvalue weighted by Crippen LogP contribution is 2.31. The summed E-state index contributed by atoms with van der Waals surface area (Å²) in [6, 6.07) is 12.0. The molecule has 3 rings (SSSR count). The molecule has 0 unspecified atom stereocenters. The SMILES string of the molecule is COc1cc(-n2ccc(COc3ccc(Cl)cc3Cl)nc2=O)ccc1OCC(C)(C)C. The predicted molar refractivity (Wildman–Crippen MR) is 122 cm³/mol. The number of ether oxygens (including phenoxy) is 3. The lowest BCUT2D eigenvalue weighted by atomic mass is 9.99. The molecule has 6 nitrogen and oxygen atoms in total. The van der Waals surface area contributed by atoms with Crippen molar-refractivity contribution in [2.75, 3.05) is 13.7 Å². The van der Waals surface area contributed by atoms with E-state index in [4.69, 9.17) is 37.4 Å². The van der Waals surface area contributed by atoms with Gasteiger partial charge in [0, 0.05) is 17.3 Å². The highest BCUT2D eigenvalue weighted by molar-refractivity contribution is 6.35. The molecule has 0 aliphatic heterocycles. The Kier molecular flexibility index (Phi) is 7.13. The standard InChI is InChI=1S/C23H24Cl2N2O4/c1-23(2,3)14-31-20-8-6-17(12-21(20)29-4)27-10-9-16(26-22(27)28)13-30-19-7-5-15(24)11-18(19)25/h5-12H,13-14H2,1-4H3. The van der Waals surface area contributed by atoms with Gasteiger partial charge in [-0.3, -0.25) is 4.57 Å². The monoisotopic (exact) mass is 462 g/mol. The third kappa shape index (κ3) is 6.15. The Balaban J connectivity index is 1.77. The van der Waals surface area contributed by atoms with Gasteiger partial charge in [-0.1, -0.05) is 44.0 Å². The second kappa shape index (κ2) is 9.62. The maximum absolute atomic E-state index is 12.6. The van der Waals surface area contributed by atoms with E-state index in [-0.39, 0.29) is 12.0 Å². The number of hydrogen-bond donors (Lipinski definition) is 0. The van der Waals surface area contributed by atoms with Crippen molar-refractivity contribution in [3.05, 3.63) is 74.9 Å². The molecular weight excluding hydrogens is 439 g/mol. The highest BCUT2D eigenvalue weighted by atomic mass is 35.5. The second-order valence-corrected chi connectivity index (χ2v) is 8.96. The summed E-state index contributed by atoms with van der Waals surface area (Å²) in [7, 11) is 1.56. The van der Waals surface area contributed by atoms with Gasteiger partial charge in [-0.2, -0.15) is 4.98 Å². The molecule has 1 aromatic heterocycles. The van der Waals surface area contributed by atoms with Crippen molar-refractivity contribution in [3.63, 3.8) is 0 Å². The second-order valence-electron chi connectivity index (χ2n) is 8.12. The Morgan fingerprint density at radius 3 is 2.35 bits per heavy atom. The van der Waals surface area contributed by atoms with Crippen LogP contribution in [0, 0.1) is 5.41 Å². The number of halogens is 2. The van der Waals surface area contributed by atoms with Crippen LogP contribution in [0.25, 0.3) is 5.69 Å². The summed E-state index contributed by atoms with van der Waals surface area (Å²) in [4.78, 5) is 16.7. The largest absolute Gasteiger partial charge is 0.493 e. The minimum Gasteiger partial charge on any atom is -0.493 e. The minimum absolute atomic E-state index is 0.0126. The average molecular weight is 463 g/mol. The summed E-state index contributed by atoms with van der Waals surface area (Å²) in [5.74, 6) is 1.62. The van der Waals surface area contributed by atoms with Gasteiger partial charge < -0.3 is 14.2 Å².